The zero-order valence-electron chi connectivity index (χ0n) is 100. The van der Waals surface area contributed by atoms with Crippen molar-refractivity contribution >= 4 is 157 Å². The molecule has 0 aliphatic heterocycles. The first kappa shape index (κ1) is 156. The van der Waals surface area contributed by atoms with E-state index >= 15 is 0 Å². The van der Waals surface area contributed by atoms with Crippen molar-refractivity contribution in [1.29, 1.82) is 0 Å². The van der Waals surface area contributed by atoms with Crippen molar-refractivity contribution in [3.05, 3.63) is 25.3 Å². The Kier molecular flexibility index (Phi) is 119. The van der Waals surface area contributed by atoms with Crippen LogP contribution in [0.15, 0.2) is 25.3 Å². The zero-order chi connectivity index (χ0) is 109. The van der Waals surface area contributed by atoms with Crippen LogP contribution in [0.25, 0.3) is 0 Å². The fourth-order valence-corrected chi connectivity index (χ4v) is 44.2. The fourth-order valence-electron chi connectivity index (χ4n) is 17.3. The van der Waals surface area contributed by atoms with E-state index in [1.165, 1.54) is 442 Å². The van der Waals surface area contributed by atoms with Gasteiger partial charge in [0.15, 0.2) is 69.4 Å². The quantitative estimate of drug-likeness (QED) is 0.0143. The summed E-state index contributed by atoms with van der Waals surface area (Å²) in [6.45, 7) is 68.5. The molecule has 0 amide bonds. The molecule has 854 valence electrons. The Bertz CT molecular complexity index is 2590. The van der Waals surface area contributed by atoms with Gasteiger partial charge < -0.3 is 35.4 Å². The fraction of sp³-hybridized carbons (Fsp3) is 0.932. The van der Waals surface area contributed by atoms with E-state index in [1.807, 2.05) is 13.8 Å². The van der Waals surface area contributed by atoms with E-state index < -0.39 is 86.7 Å². The van der Waals surface area contributed by atoms with Crippen LogP contribution in [0, 0.1) is 0 Å². The third kappa shape index (κ3) is 137. The lowest BCUT2D eigenvalue weighted by atomic mass is 10.0. The van der Waals surface area contributed by atoms with Gasteiger partial charge in [0.05, 0.1) is 19.8 Å². The molecule has 142 heavy (non-hydrogen) atoms. The molecule has 0 saturated carbocycles. The Morgan fingerprint density at radius 2 is 0.394 bits per heavy atom. The lowest BCUT2D eigenvalue weighted by Crippen LogP contribution is -2.44. The largest absolute Gasteiger partial charge is 0.465 e. The third-order valence-electron chi connectivity index (χ3n) is 25.3. The van der Waals surface area contributed by atoms with Gasteiger partial charge in [0.2, 0.25) is 0 Å². The zero-order valence-corrected chi connectivity index (χ0v) is 115. The van der Waals surface area contributed by atoms with E-state index in [2.05, 4.69) is 215 Å². The lowest BCUT2D eigenvalue weighted by Gasteiger charge is -2.34. The molecule has 0 aromatic rings. The molecule has 0 aliphatic carbocycles. The predicted molar refractivity (Wildman–Crippen MR) is 671 cm³/mol. The Morgan fingerprint density at radius 3 is 0.549 bits per heavy atom. The number of alkyl halides is 4. The minimum Gasteiger partial charge on any atom is -0.465 e. The van der Waals surface area contributed by atoms with Crippen LogP contribution in [-0.2, 0) is 54.6 Å². The maximum Gasteiger partial charge on any atom is 0.322 e. The van der Waals surface area contributed by atoms with Gasteiger partial charge in [-0.15, -0.1) is 6.58 Å². The van der Waals surface area contributed by atoms with Crippen LogP contribution in [0.3, 0.4) is 0 Å². The van der Waals surface area contributed by atoms with Crippen molar-refractivity contribution in [2.75, 3.05) is 26.4 Å². The Morgan fingerprint density at radius 1 is 0.232 bits per heavy atom. The molecule has 0 heterocycles. The second kappa shape index (κ2) is 109. The predicted octanol–water partition coefficient (Wildman–Crippen LogP) is 42.4. The van der Waals surface area contributed by atoms with E-state index in [0.717, 1.165) is 37.4 Å². The number of unbranched alkanes of at least 4 members (excludes halogenated alkanes) is 64. The van der Waals surface area contributed by atoms with Crippen LogP contribution in [-0.4, -0.2) is 137 Å². The van der Waals surface area contributed by atoms with Crippen LogP contribution >= 0.6 is 63.7 Å². The molecular weight excluding hydrogens is 2150 g/mol. The highest BCUT2D eigenvalue weighted by Crippen LogP contribution is 2.29. The number of hydrogen-bond donors (Lipinski definition) is 0. The minimum atomic E-state index is -1.71. The molecule has 24 heteroatoms. The molecule has 0 radical (unpaired) electrons. The first-order valence-electron chi connectivity index (χ1n) is 60.3. The summed E-state index contributed by atoms with van der Waals surface area (Å²) in [4.78, 5) is 45.7. The molecule has 0 N–H and O–H groups in total. The monoisotopic (exact) mass is 2400 g/mol. The molecular formula is C118H250Br4O12Si8. The summed E-state index contributed by atoms with van der Waals surface area (Å²) in [7, 11) is -9.59. The summed E-state index contributed by atoms with van der Waals surface area (Å²) in [5.41, 5.74) is 0. The van der Waals surface area contributed by atoms with Gasteiger partial charge in [-0.25, -0.2) is 0 Å². The van der Waals surface area contributed by atoms with Gasteiger partial charge in [0, 0.05) is 0 Å². The number of carbonyl (C=O) groups is 4. The SMILES string of the molecule is C=CCCCCCCCCCCCCCCCCCCCCCCCCCCCCCCC.C=CCOC(=O)C(C)(C)Br.CCCCCCCCCCCCCCCCCCCCCCCCC.CCCCCCCCCCCCCCCC[Si](C)(C)O[Si](C)(C)CCCOC(=O)C(C)(C)Br.C[SiH](C)O[SiH](C)C.C[SiH](C)O[Si](C)(C)CCCOC(=O)C(C)(C)Br.C[SiH](C)O[Si](C)(C)CCCOC(=O)C(C)(C)Br. The summed E-state index contributed by atoms with van der Waals surface area (Å²) in [6, 6.07) is 4.43. The van der Waals surface area contributed by atoms with E-state index in [0.29, 0.717) is 19.8 Å². The second-order valence-electron chi connectivity index (χ2n) is 47.0. The molecule has 12 nitrogen and oxygen atoms in total. The standard InChI is InChI=1S/C33H66.C27H57BrO3Si2.C25H52.2C11H25BrO3Si2.C7H11BrO2.C4H14OSi2/c1-3-5-7-9-11-13-15-17-19-21-23-25-27-29-31-33-32-30-28-26-24-22-20-18-16-14-12-10-8-6-4-2;1-8-9-10-11-12-13-14-15-16-17-18-19-20-21-24-32(4,5)31-33(6,7)25-22-23-30-26(29)27(2,3)28;1-3-5-7-9-11-13-15-17-19-21-23-25-24-22-20-18-16-14-12-10-8-6-4-2;2*1-11(2,12)10(13)14-8-7-9-17(5,6)15-16(3)4;1-4-5-10-6(9)7(2,3)8;1-6(2)5-7(3)4/h3H,1,4-33H2,2H3;8-25H2,1-7H3;3-25H2,1-2H3;2*16H,7-9H2,1-6H3;4H,1,5H2,2-3H3;6-7H,1-4H3. The smallest absolute Gasteiger partial charge is 0.322 e. The topological polar surface area (TPSA) is 142 Å². The maximum absolute atomic E-state index is 11.8. The summed E-state index contributed by atoms with van der Waals surface area (Å²) >= 11 is 13.1. The number of halogens is 4. The van der Waals surface area contributed by atoms with Crippen molar-refractivity contribution in [1.82, 2.24) is 0 Å². The van der Waals surface area contributed by atoms with Crippen molar-refractivity contribution in [2.45, 2.75) is 679 Å². The molecule has 0 spiro atoms. The van der Waals surface area contributed by atoms with Crippen LogP contribution < -0.4 is 0 Å². The third-order valence-corrected chi connectivity index (χ3v) is 50.5. The number of hydrogen-bond acceptors (Lipinski definition) is 12. The summed E-state index contributed by atoms with van der Waals surface area (Å²) < 4.78 is 42.5. The molecule has 0 bridgehead atoms. The first-order chi connectivity index (χ1) is 66.9. The van der Waals surface area contributed by atoms with E-state index in [9.17, 15) is 19.2 Å². The Hall–Kier alpha value is 0.855. The number of esters is 4. The highest BCUT2D eigenvalue weighted by molar-refractivity contribution is 9.10. The van der Waals surface area contributed by atoms with Gasteiger partial charge in [0.1, 0.15) is 23.9 Å². The van der Waals surface area contributed by atoms with Gasteiger partial charge >= 0.3 is 23.9 Å². The van der Waals surface area contributed by atoms with Gasteiger partial charge in [0.25, 0.3) is 0 Å². The molecule has 0 aliphatic rings. The average molecular weight is 2410 g/mol. The molecule has 0 aromatic heterocycles. The maximum atomic E-state index is 11.8. The first-order valence-corrected chi connectivity index (χ1v) is 87.1. The van der Waals surface area contributed by atoms with E-state index in [4.69, 9.17) is 35.4 Å². The Balaban J connectivity index is -0.000000313. The molecule has 0 fully saturated rings. The molecule has 0 rings (SSSR count). The van der Waals surface area contributed by atoms with Crippen molar-refractivity contribution in [3.8, 4) is 0 Å². The van der Waals surface area contributed by atoms with Gasteiger partial charge in [-0.3, -0.25) is 19.2 Å². The number of ether oxygens (including phenoxy) is 4. The normalized spacial score (nSPS) is 12.0. The average Bonchev–Trinajstić information content (AvgIpc) is 0.857. The lowest BCUT2D eigenvalue weighted by molar-refractivity contribution is -0.146. The summed E-state index contributed by atoms with van der Waals surface area (Å²) in [6.07, 6.45) is 104. The number of allylic oxidation sites excluding steroid dienone is 1. The van der Waals surface area contributed by atoms with Crippen molar-refractivity contribution < 1.29 is 54.6 Å². The van der Waals surface area contributed by atoms with E-state index in [-0.39, 0.29) is 30.5 Å². The highest BCUT2D eigenvalue weighted by atomic mass is 79.9. The molecule has 0 aromatic carbocycles. The summed E-state index contributed by atoms with van der Waals surface area (Å²) in [5, 5.41) is 0. The highest BCUT2D eigenvalue weighted by Gasteiger charge is 2.34. The van der Waals surface area contributed by atoms with Gasteiger partial charge in [-0.2, -0.15) is 0 Å². The molecule has 0 atom stereocenters. The molecule has 0 unspecified atom stereocenters. The number of rotatable bonds is 93. The van der Waals surface area contributed by atoms with Gasteiger partial charge in [-0.1, -0.05) is 527 Å². The summed E-state index contributed by atoms with van der Waals surface area (Å²) in [5.74, 6) is -0.852. The van der Waals surface area contributed by atoms with Crippen LogP contribution in [0.2, 0.25) is 129 Å². The van der Waals surface area contributed by atoms with Crippen LogP contribution in [0.1, 0.15) is 533 Å². The molecule has 0 saturated heterocycles. The van der Waals surface area contributed by atoms with Crippen LogP contribution in [0.5, 0.6) is 0 Å². The minimum absolute atomic E-state index is 0.185. The Labute approximate surface area is 934 Å². The number of carbonyl (C=O) groups excluding carboxylic acids is 4. The van der Waals surface area contributed by atoms with Crippen LogP contribution in [0.4, 0.5) is 0 Å². The van der Waals surface area contributed by atoms with E-state index in [1.54, 1.807) is 41.5 Å². The van der Waals surface area contributed by atoms with Gasteiger partial charge in [-0.05, 0) is 216 Å². The second-order valence-corrected chi connectivity index (χ2v) is 83.1. The van der Waals surface area contributed by atoms with Crippen molar-refractivity contribution in [3.63, 3.8) is 0 Å². The van der Waals surface area contributed by atoms with Crippen molar-refractivity contribution in [2.24, 2.45) is 0 Å².